The molecule has 5 heteroatoms. The summed E-state index contributed by atoms with van der Waals surface area (Å²) in [5, 5.41) is 3.04. The van der Waals surface area contributed by atoms with Crippen molar-refractivity contribution in [3.63, 3.8) is 0 Å². The van der Waals surface area contributed by atoms with E-state index in [0.29, 0.717) is 6.54 Å². The van der Waals surface area contributed by atoms with Gasteiger partial charge in [0, 0.05) is 43.9 Å². The molecular formula is C25H33N3O2. The van der Waals surface area contributed by atoms with Gasteiger partial charge in [-0.15, -0.1) is 0 Å². The molecule has 1 aliphatic rings. The maximum absolute atomic E-state index is 13.1. The number of rotatable bonds is 8. The van der Waals surface area contributed by atoms with Gasteiger partial charge in [0.05, 0.1) is 6.04 Å². The normalized spacial score (nSPS) is 14.3. The summed E-state index contributed by atoms with van der Waals surface area (Å²) < 4.78 is 0. The van der Waals surface area contributed by atoms with Crippen molar-refractivity contribution in [1.82, 2.24) is 4.90 Å². The lowest BCUT2D eigenvalue weighted by Gasteiger charge is -2.33. The number of benzene rings is 2. The molecule has 0 saturated heterocycles. The first-order chi connectivity index (χ1) is 14.3. The molecular weight excluding hydrogens is 374 g/mol. The van der Waals surface area contributed by atoms with Crippen LogP contribution in [0.2, 0.25) is 0 Å². The second kappa shape index (κ2) is 9.33. The molecule has 30 heavy (non-hydrogen) atoms. The molecule has 0 bridgehead atoms. The smallest absolute Gasteiger partial charge is 0.227 e. The van der Waals surface area contributed by atoms with Gasteiger partial charge in [-0.25, -0.2) is 0 Å². The summed E-state index contributed by atoms with van der Waals surface area (Å²) in [6.45, 7) is 6.43. The Morgan fingerprint density at radius 1 is 1.03 bits per heavy atom. The van der Waals surface area contributed by atoms with Crippen LogP contribution in [-0.4, -0.2) is 30.8 Å². The van der Waals surface area contributed by atoms with Crippen molar-refractivity contribution in [2.24, 2.45) is 11.8 Å². The Morgan fingerprint density at radius 2 is 1.70 bits per heavy atom. The topological polar surface area (TPSA) is 52.7 Å². The van der Waals surface area contributed by atoms with Gasteiger partial charge < -0.3 is 15.1 Å². The molecule has 1 N–H and O–H groups in total. The number of carbonyl (C=O) groups is 2. The summed E-state index contributed by atoms with van der Waals surface area (Å²) in [6, 6.07) is 16.0. The van der Waals surface area contributed by atoms with Crippen molar-refractivity contribution >= 4 is 23.2 Å². The van der Waals surface area contributed by atoms with Crippen molar-refractivity contribution in [2.75, 3.05) is 24.3 Å². The summed E-state index contributed by atoms with van der Waals surface area (Å²) in [6.07, 6.45) is 1.94. The van der Waals surface area contributed by atoms with Crippen LogP contribution in [0.3, 0.4) is 0 Å². The predicted octanol–water partition coefficient (Wildman–Crippen LogP) is 4.85. The Labute approximate surface area is 180 Å². The average molecular weight is 408 g/mol. The highest BCUT2D eigenvalue weighted by Crippen LogP contribution is 2.32. The molecule has 1 fully saturated rings. The fraction of sp³-hybridized carbons (Fsp3) is 0.440. The molecule has 5 nitrogen and oxygen atoms in total. The van der Waals surface area contributed by atoms with E-state index in [0.717, 1.165) is 35.3 Å². The minimum atomic E-state index is -0.100. The van der Waals surface area contributed by atoms with E-state index in [2.05, 4.69) is 24.4 Å². The minimum absolute atomic E-state index is 0.0548. The summed E-state index contributed by atoms with van der Waals surface area (Å²) in [5.74, 6) is 0.255. The van der Waals surface area contributed by atoms with E-state index in [1.54, 1.807) is 0 Å². The van der Waals surface area contributed by atoms with Crippen LogP contribution in [0, 0.1) is 11.8 Å². The van der Waals surface area contributed by atoms with E-state index in [1.807, 2.05) is 74.1 Å². The number of amides is 2. The lowest BCUT2D eigenvalue weighted by molar-refractivity contribution is -0.137. The molecule has 1 saturated carbocycles. The molecule has 160 valence electrons. The Kier molecular flexibility index (Phi) is 6.80. The second-order valence-corrected chi connectivity index (χ2v) is 8.71. The summed E-state index contributed by atoms with van der Waals surface area (Å²) in [4.78, 5) is 29.4. The van der Waals surface area contributed by atoms with E-state index >= 15 is 0 Å². The lowest BCUT2D eigenvalue weighted by Crippen LogP contribution is -2.36. The largest absolute Gasteiger partial charge is 0.377 e. The van der Waals surface area contributed by atoms with Crippen LogP contribution >= 0.6 is 0 Å². The number of nitrogens with one attached hydrogen (secondary N) is 1. The van der Waals surface area contributed by atoms with Crippen LogP contribution in [0.1, 0.15) is 50.8 Å². The maximum atomic E-state index is 13.1. The molecule has 0 radical (unpaired) electrons. The number of carbonyl (C=O) groups excluding carboxylic acids is 2. The SMILES string of the molecule is CC(C)C(=O)N(Cc1cc(NC(=O)C2CC2)ccc1N(C)C)[C@@H](C)c1ccccc1. The lowest BCUT2D eigenvalue weighted by atomic mass is 10.0. The van der Waals surface area contributed by atoms with Crippen LogP contribution in [-0.2, 0) is 16.1 Å². The van der Waals surface area contributed by atoms with Gasteiger partial charge in [-0.05, 0) is 49.1 Å². The van der Waals surface area contributed by atoms with Gasteiger partial charge in [0.1, 0.15) is 0 Å². The van der Waals surface area contributed by atoms with E-state index in [9.17, 15) is 9.59 Å². The zero-order valence-corrected chi connectivity index (χ0v) is 18.7. The van der Waals surface area contributed by atoms with Gasteiger partial charge >= 0.3 is 0 Å². The van der Waals surface area contributed by atoms with Crippen LogP contribution in [0.15, 0.2) is 48.5 Å². The number of nitrogens with zero attached hydrogens (tertiary/aromatic N) is 2. The van der Waals surface area contributed by atoms with Crippen LogP contribution < -0.4 is 10.2 Å². The quantitative estimate of drug-likeness (QED) is 0.681. The molecule has 1 atom stereocenters. The number of hydrogen-bond acceptors (Lipinski definition) is 3. The van der Waals surface area contributed by atoms with Crippen molar-refractivity contribution in [2.45, 2.75) is 46.2 Å². The highest BCUT2D eigenvalue weighted by atomic mass is 16.2. The van der Waals surface area contributed by atoms with Gasteiger partial charge in [-0.3, -0.25) is 9.59 Å². The Balaban J connectivity index is 1.92. The highest BCUT2D eigenvalue weighted by molar-refractivity contribution is 5.94. The molecule has 0 aromatic heterocycles. The van der Waals surface area contributed by atoms with Crippen molar-refractivity contribution in [1.29, 1.82) is 0 Å². The third-order valence-electron chi connectivity index (χ3n) is 5.64. The fourth-order valence-corrected chi connectivity index (χ4v) is 3.65. The van der Waals surface area contributed by atoms with Crippen LogP contribution in [0.5, 0.6) is 0 Å². The summed E-state index contributed by atoms with van der Waals surface area (Å²) in [5.41, 5.74) is 3.96. The number of anilines is 2. The van der Waals surface area contributed by atoms with Gasteiger partial charge in [0.15, 0.2) is 0 Å². The molecule has 0 spiro atoms. The molecule has 0 heterocycles. The zero-order chi connectivity index (χ0) is 21.8. The van der Waals surface area contributed by atoms with E-state index in [-0.39, 0.29) is 29.7 Å². The number of hydrogen-bond donors (Lipinski definition) is 1. The molecule has 2 aromatic carbocycles. The Bertz CT molecular complexity index is 889. The molecule has 3 rings (SSSR count). The summed E-state index contributed by atoms with van der Waals surface area (Å²) in [7, 11) is 3.99. The van der Waals surface area contributed by atoms with Gasteiger partial charge in [-0.1, -0.05) is 44.2 Å². The van der Waals surface area contributed by atoms with E-state index in [4.69, 9.17) is 0 Å². The molecule has 0 unspecified atom stereocenters. The van der Waals surface area contributed by atoms with E-state index < -0.39 is 0 Å². The third kappa shape index (κ3) is 5.21. The van der Waals surface area contributed by atoms with Crippen molar-refractivity contribution in [3.05, 3.63) is 59.7 Å². The molecule has 1 aliphatic carbocycles. The second-order valence-electron chi connectivity index (χ2n) is 8.71. The van der Waals surface area contributed by atoms with Gasteiger partial charge in [-0.2, -0.15) is 0 Å². The van der Waals surface area contributed by atoms with E-state index in [1.165, 1.54) is 0 Å². The van der Waals surface area contributed by atoms with Gasteiger partial charge in [0.25, 0.3) is 0 Å². The first-order valence-corrected chi connectivity index (χ1v) is 10.7. The standard InChI is InChI=1S/C25H33N3O2/c1-17(2)25(30)28(18(3)19-9-7-6-8-10-19)16-21-15-22(13-14-23(21)27(4)5)26-24(29)20-11-12-20/h6-10,13-15,17-18,20H,11-12,16H2,1-5H3,(H,26,29)/t18-/m0/s1. The molecule has 0 aliphatic heterocycles. The Morgan fingerprint density at radius 3 is 2.27 bits per heavy atom. The maximum Gasteiger partial charge on any atom is 0.227 e. The average Bonchev–Trinajstić information content (AvgIpc) is 3.57. The van der Waals surface area contributed by atoms with Crippen LogP contribution in [0.4, 0.5) is 11.4 Å². The minimum Gasteiger partial charge on any atom is -0.377 e. The first kappa shape index (κ1) is 21.9. The van der Waals surface area contributed by atoms with Crippen molar-refractivity contribution in [3.8, 4) is 0 Å². The Hall–Kier alpha value is -2.82. The van der Waals surface area contributed by atoms with Gasteiger partial charge in [0.2, 0.25) is 11.8 Å². The summed E-state index contributed by atoms with van der Waals surface area (Å²) >= 11 is 0. The highest BCUT2D eigenvalue weighted by Gasteiger charge is 2.30. The fourth-order valence-electron chi connectivity index (χ4n) is 3.65. The first-order valence-electron chi connectivity index (χ1n) is 10.7. The molecule has 2 amide bonds. The van der Waals surface area contributed by atoms with Crippen LogP contribution in [0.25, 0.3) is 0 Å². The van der Waals surface area contributed by atoms with Crippen molar-refractivity contribution < 1.29 is 9.59 Å². The third-order valence-corrected chi connectivity index (χ3v) is 5.64. The monoisotopic (exact) mass is 407 g/mol. The molecule has 2 aromatic rings. The predicted molar refractivity (Wildman–Crippen MR) is 122 cm³/mol. The zero-order valence-electron chi connectivity index (χ0n) is 18.7.